The van der Waals surface area contributed by atoms with Gasteiger partial charge in [0.2, 0.25) is 20.0 Å². The highest BCUT2D eigenvalue weighted by atomic mass is 32.2. The zero-order valence-electron chi connectivity index (χ0n) is 22.2. The number of carbonyl (C=O) groups is 1. The fraction of sp³-hybridized carbons (Fsp3) is 0.393. The number of sulfonamides is 2. The molecule has 2 heterocycles. The van der Waals surface area contributed by atoms with Gasteiger partial charge in [-0.05, 0) is 90.8 Å². The highest BCUT2D eigenvalue weighted by molar-refractivity contribution is 7.89. The molecule has 208 valence electrons. The number of fused-ring (bicyclic) bond motifs is 2. The summed E-state index contributed by atoms with van der Waals surface area (Å²) in [6.45, 7) is 7.11. The van der Waals surface area contributed by atoms with Crippen LogP contribution in [-0.4, -0.2) is 39.6 Å². The third kappa shape index (κ3) is 5.81. The van der Waals surface area contributed by atoms with Crippen LogP contribution in [0.25, 0.3) is 0 Å². The van der Waals surface area contributed by atoms with E-state index in [1.165, 1.54) is 54.8 Å². The molecule has 9 nitrogen and oxygen atoms in total. The van der Waals surface area contributed by atoms with Crippen molar-refractivity contribution in [3.8, 4) is 0 Å². The van der Waals surface area contributed by atoms with Gasteiger partial charge in [0.1, 0.15) is 5.76 Å². The molecule has 11 heteroatoms. The lowest BCUT2D eigenvalue weighted by Crippen LogP contribution is -2.37. The van der Waals surface area contributed by atoms with E-state index in [0.29, 0.717) is 23.6 Å². The maximum Gasteiger partial charge on any atom is 0.255 e. The van der Waals surface area contributed by atoms with Crippen molar-refractivity contribution in [2.24, 2.45) is 10.8 Å². The van der Waals surface area contributed by atoms with E-state index in [1.54, 1.807) is 16.4 Å². The first-order valence-electron chi connectivity index (χ1n) is 12.8. The second-order valence-electron chi connectivity index (χ2n) is 11.7. The van der Waals surface area contributed by atoms with E-state index in [1.807, 2.05) is 0 Å². The summed E-state index contributed by atoms with van der Waals surface area (Å²) in [6, 6.07) is 15.0. The van der Waals surface area contributed by atoms with E-state index in [4.69, 9.17) is 4.42 Å². The van der Waals surface area contributed by atoms with Gasteiger partial charge in [0, 0.05) is 23.8 Å². The molecule has 1 amide bonds. The summed E-state index contributed by atoms with van der Waals surface area (Å²) >= 11 is 0. The summed E-state index contributed by atoms with van der Waals surface area (Å²) < 4.78 is 61.3. The Bertz CT molecular complexity index is 1560. The number of furan rings is 1. The lowest BCUT2D eigenvalue weighted by Gasteiger charge is -2.39. The van der Waals surface area contributed by atoms with Gasteiger partial charge in [-0.2, -0.15) is 4.31 Å². The molecular weight excluding hydrogens is 538 g/mol. The number of hydrogen-bond donors (Lipinski definition) is 2. The summed E-state index contributed by atoms with van der Waals surface area (Å²) in [5.74, 6) is 0.0551. The van der Waals surface area contributed by atoms with Crippen LogP contribution in [0.3, 0.4) is 0 Å². The van der Waals surface area contributed by atoms with Gasteiger partial charge in [0.05, 0.1) is 22.6 Å². The van der Waals surface area contributed by atoms with Crippen molar-refractivity contribution in [3.63, 3.8) is 0 Å². The molecule has 1 aliphatic heterocycles. The normalized spacial score (nSPS) is 23.0. The van der Waals surface area contributed by atoms with Crippen LogP contribution in [-0.2, 0) is 26.6 Å². The Labute approximate surface area is 229 Å². The van der Waals surface area contributed by atoms with Crippen molar-refractivity contribution in [1.29, 1.82) is 0 Å². The van der Waals surface area contributed by atoms with Crippen molar-refractivity contribution >= 4 is 31.6 Å². The van der Waals surface area contributed by atoms with E-state index in [0.717, 1.165) is 19.3 Å². The molecule has 2 fully saturated rings. The number of anilines is 1. The zero-order chi connectivity index (χ0) is 28.1. The summed E-state index contributed by atoms with van der Waals surface area (Å²) in [7, 11) is -7.45. The maximum absolute atomic E-state index is 13.5. The standard InChI is InChI=1S/C28H33N3O6S2/c1-27(2)15-22-16-28(3,18-27)19-31(22)39(35,36)25-10-6-20(7-11-25)26(32)30-21-8-12-24(13-9-21)38(33,34)29-17-23-5-4-14-37-23/h4-14,22,29H,15-19H2,1-3H3,(H,30,32)/t22-,28-/m0/s1. The van der Waals surface area contributed by atoms with Gasteiger partial charge in [0.25, 0.3) is 5.91 Å². The van der Waals surface area contributed by atoms with E-state index in [9.17, 15) is 21.6 Å². The van der Waals surface area contributed by atoms with Gasteiger partial charge in [-0.1, -0.05) is 20.8 Å². The summed E-state index contributed by atoms with van der Waals surface area (Å²) in [5.41, 5.74) is 0.771. The molecule has 2 N–H and O–H groups in total. The van der Waals surface area contributed by atoms with Gasteiger partial charge in [-0.15, -0.1) is 0 Å². The molecule has 0 radical (unpaired) electrons. The van der Waals surface area contributed by atoms with E-state index < -0.39 is 26.0 Å². The summed E-state index contributed by atoms with van der Waals surface area (Å²) in [5, 5.41) is 2.72. The van der Waals surface area contributed by atoms with Crippen molar-refractivity contribution in [2.45, 2.75) is 62.4 Å². The molecule has 5 rings (SSSR count). The molecule has 2 atom stereocenters. The van der Waals surface area contributed by atoms with Crippen molar-refractivity contribution in [3.05, 3.63) is 78.3 Å². The summed E-state index contributed by atoms with van der Waals surface area (Å²) in [4.78, 5) is 13.0. The van der Waals surface area contributed by atoms with Crippen LogP contribution in [0.5, 0.6) is 0 Å². The second kappa shape index (κ2) is 9.88. The summed E-state index contributed by atoms with van der Waals surface area (Å²) in [6.07, 6.45) is 4.17. The molecule has 0 spiro atoms. The van der Waals surface area contributed by atoms with Crippen LogP contribution in [0.15, 0.2) is 81.1 Å². The monoisotopic (exact) mass is 571 g/mol. The highest BCUT2D eigenvalue weighted by Crippen LogP contribution is 2.53. The van der Waals surface area contributed by atoms with Crippen molar-refractivity contribution in [2.75, 3.05) is 11.9 Å². The number of nitrogens with one attached hydrogen (secondary N) is 2. The van der Waals surface area contributed by atoms with Gasteiger partial charge in [-0.3, -0.25) is 4.79 Å². The minimum atomic E-state index is -3.76. The molecule has 2 aliphatic rings. The quantitative estimate of drug-likeness (QED) is 0.407. The van der Waals surface area contributed by atoms with Crippen LogP contribution in [0.1, 0.15) is 56.2 Å². The first-order valence-corrected chi connectivity index (χ1v) is 15.7. The molecular formula is C28H33N3O6S2. The van der Waals surface area contributed by atoms with Crippen LogP contribution >= 0.6 is 0 Å². The molecule has 1 aliphatic carbocycles. The third-order valence-corrected chi connectivity index (χ3v) is 10.9. The topological polar surface area (TPSA) is 126 Å². The Morgan fingerprint density at radius 1 is 0.949 bits per heavy atom. The first kappa shape index (κ1) is 27.6. The van der Waals surface area contributed by atoms with E-state index >= 15 is 0 Å². The minimum absolute atomic E-state index is 0.0150. The molecule has 3 aromatic rings. The van der Waals surface area contributed by atoms with Crippen LogP contribution in [0.2, 0.25) is 0 Å². The molecule has 0 unspecified atom stereocenters. The maximum atomic E-state index is 13.5. The highest BCUT2D eigenvalue weighted by Gasteiger charge is 2.53. The average Bonchev–Trinajstić information content (AvgIpc) is 3.48. The van der Waals surface area contributed by atoms with Gasteiger partial charge in [-0.25, -0.2) is 21.6 Å². The number of benzene rings is 2. The molecule has 1 saturated heterocycles. The lowest BCUT2D eigenvalue weighted by molar-refractivity contribution is 0.102. The fourth-order valence-electron chi connectivity index (χ4n) is 6.19. The van der Waals surface area contributed by atoms with Crippen molar-refractivity contribution in [1.82, 2.24) is 9.03 Å². The van der Waals surface area contributed by atoms with Crippen LogP contribution < -0.4 is 10.0 Å². The molecule has 39 heavy (non-hydrogen) atoms. The Balaban J connectivity index is 1.23. The Morgan fingerprint density at radius 2 is 1.62 bits per heavy atom. The van der Waals surface area contributed by atoms with Gasteiger partial charge in [0.15, 0.2) is 0 Å². The first-order chi connectivity index (χ1) is 18.3. The molecule has 1 saturated carbocycles. The largest absolute Gasteiger partial charge is 0.468 e. The SMILES string of the molecule is CC1(C)C[C@H]2C[C@](C)(CN2S(=O)(=O)c2ccc(C(=O)Nc3ccc(S(=O)(=O)NCc4ccco4)cc3)cc2)C1. The van der Waals surface area contributed by atoms with Crippen LogP contribution in [0.4, 0.5) is 5.69 Å². The number of rotatable bonds is 8. The Kier molecular flexibility index (Phi) is 6.99. The molecule has 2 aromatic carbocycles. The smallest absolute Gasteiger partial charge is 0.255 e. The van der Waals surface area contributed by atoms with E-state index in [-0.39, 0.29) is 33.2 Å². The molecule has 2 bridgehead atoms. The zero-order valence-corrected chi connectivity index (χ0v) is 23.8. The van der Waals surface area contributed by atoms with Gasteiger partial charge >= 0.3 is 0 Å². The second-order valence-corrected chi connectivity index (χ2v) is 15.3. The Morgan fingerprint density at radius 3 is 2.26 bits per heavy atom. The number of carbonyl (C=O) groups excluding carboxylic acids is 1. The predicted octanol–water partition coefficient (Wildman–Crippen LogP) is 4.60. The van der Waals surface area contributed by atoms with E-state index in [2.05, 4.69) is 30.8 Å². The van der Waals surface area contributed by atoms with Crippen molar-refractivity contribution < 1.29 is 26.0 Å². The average molecular weight is 572 g/mol. The fourth-order valence-corrected chi connectivity index (χ4v) is 8.95. The Hall–Kier alpha value is -2.99. The number of nitrogens with zero attached hydrogens (tertiary/aromatic N) is 1. The lowest BCUT2D eigenvalue weighted by atomic mass is 9.65. The third-order valence-electron chi connectivity index (χ3n) is 7.53. The number of amides is 1. The number of hydrogen-bond acceptors (Lipinski definition) is 6. The van der Waals surface area contributed by atoms with Crippen LogP contribution in [0, 0.1) is 10.8 Å². The predicted molar refractivity (Wildman–Crippen MR) is 147 cm³/mol. The molecule has 1 aromatic heterocycles. The minimum Gasteiger partial charge on any atom is -0.468 e. The van der Waals surface area contributed by atoms with Gasteiger partial charge < -0.3 is 9.73 Å².